The molecule has 1 aromatic rings. The number of rotatable bonds is 10. The van der Waals surface area contributed by atoms with E-state index in [0.717, 1.165) is 32.1 Å². The van der Waals surface area contributed by atoms with Crippen LogP contribution in [0.25, 0.3) is 0 Å². The normalized spacial score (nSPS) is 32.9. The zero-order valence-electron chi connectivity index (χ0n) is 19.9. The van der Waals surface area contributed by atoms with Crippen molar-refractivity contribution in [3.8, 4) is 5.75 Å². The van der Waals surface area contributed by atoms with Gasteiger partial charge >= 0.3 is 0 Å². The van der Waals surface area contributed by atoms with Gasteiger partial charge in [0.2, 0.25) is 11.7 Å². The van der Waals surface area contributed by atoms with Crippen molar-refractivity contribution in [1.82, 2.24) is 5.43 Å². The Morgan fingerprint density at radius 2 is 1.78 bits per heavy atom. The van der Waals surface area contributed by atoms with Gasteiger partial charge in [-0.2, -0.15) is 5.10 Å². The van der Waals surface area contributed by atoms with Gasteiger partial charge in [-0.1, -0.05) is 52.2 Å². The average molecular weight is 439 g/mol. The number of nitrogens with zero attached hydrogens (tertiary/aromatic N) is 1. The number of Topliss-reactive ketones (excluding diaryl/α,β-unsaturated/α-hetero) is 1. The zero-order chi connectivity index (χ0) is 22.8. The molecule has 0 saturated heterocycles. The lowest BCUT2D eigenvalue weighted by molar-refractivity contribution is -0.170. The Morgan fingerprint density at radius 1 is 1.06 bits per heavy atom. The highest BCUT2D eigenvalue weighted by Crippen LogP contribution is 2.69. The van der Waals surface area contributed by atoms with Gasteiger partial charge in [0, 0.05) is 0 Å². The number of carbonyl (C=O) groups excluding carboxylic acids is 2. The predicted octanol–water partition coefficient (Wildman–Crippen LogP) is 5.93. The fraction of sp³-hybridized carbons (Fsp3) is 0.667. The molecule has 4 bridgehead atoms. The molecule has 174 valence electrons. The van der Waals surface area contributed by atoms with Crippen LogP contribution in [0.2, 0.25) is 0 Å². The van der Waals surface area contributed by atoms with Crippen LogP contribution in [-0.2, 0) is 4.79 Å². The number of hydrazone groups is 1. The second-order valence-electron chi connectivity index (χ2n) is 11.4. The summed E-state index contributed by atoms with van der Waals surface area (Å²) in [6, 6.07) is 7.25. The number of nitrogens with one attached hydrogen (secondary N) is 1. The molecule has 4 saturated carbocycles. The maximum absolute atomic E-state index is 13.2. The van der Waals surface area contributed by atoms with E-state index >= 15 is 0 Å². The molecule has 0 aromatic heterocycles. The summed E-state index contributed by atoms with van der Waals surface area (Å²) in [5, 5.41) is 4.08. The third-order valence-electron chi connectivity index (χ3n) is 7.86. The number of amides is 1. The minimum atomic E-state index is -0.331. The Morgan fingerprint density at radius 3 is 2.47 bits per heavy atom. The van der Waals surface area contributed by atoms with Crippen LogP contribution in [0, 0.1) is 22.2 Å². The minimum absolute atomic E-state index is 0.0106. The number of hydrogen-bond acceptors (Lipinski definition) is 4. The Kier molecular flexibility index (Phi) is 6.46. The van der Waals surface area contributed by atoms with Crippen LogP contribution < -0.4 is 10.2 Å². The van der Waals surface area contributed by atoms with E-state index in [9.17, 15) is 9.59 Å². The minimum Gasteiger partial charge on any atom is -0.493 e. The molecule has 5 rings (SSSR count). The van der Waals surface area contributed by atoms with Crippen LogP contribution in [0.4, 0.5) is 0 Å². The van der Waals surface area contributed by atoms with Crippen molar-refractivity contribution in [2.45, 2.75) is 85.0 Å². The van der Waals surface area contributed by atoms with Gasteiger partial charge in [0.05, 0.1) is 23.8 Å². The third-order valence-corrected chi connectivity index (χ3v) is 7.86. The van der Waals surface area contributed by atoms with Crippen molar-refractivity contribution in [3.05, 3.63) is 29.8 Å². The molecule has 5 nitrogen and oxygen atoms in total. The van der Waals surface area contributed by atoms with Gasteiger partial charge in [0.25, 0.3) is 0 Å². The summed E-state index contributed by atoms with van der Waals surface area (Å²) >= 11 is 0. The van der Waals surface area contributed by atoms with Crippen LogP contribution in [0.1, 0.15) is 95.3 Å². The van der Waals surface area contributed by atoms with Crippen LogP contribution in [-0.4, -0.2) is 24.5 Å². The third kappa shape index (κ3) is 4.77. The molecule has 1 N–H and O–H groups in total. The summed E-state index contributed by atoms with van der Waals surface area (Å²) in [6.07, 6.45) is 12.2. The molecule has 0 heterocycles. The number of hydrogen-bond donors (Lipinski definition) is 1. The van der Waals surface area contributed by atoms with E-state index in [1.54, 1.807) is 6.07 Å². The maximum atomic E-state index is 13.2. The fourth-order valence-electron chi connectivity index (χ4n) is 7.55. The number of benzene rings is 1. The highest BCUT2D eigenvalue weighted by atomic mass is 16.5. The molecule has 5 heteroatoms. The van der Waals surface area contributed by atoms with E-state index in [4.69, 9.17) is 4.74 Å². The molecule has 4 aliphatic rings. The van der Waals surface area contributed by atoms with Crippen molar-refractivity contribution >= 4 is 17.9 Å². The zero-order valence-corrected chi connectivity index (χ0v) is 19.9. The van der Waals surface area contributed by atoms with Crippen LogP contribution >= 0.6 is 0 Å². The number of carbonyl (C=O) groups is 2. The predicted molar refractivity (Wildman–Crippen MR) is 127 cm³/mol. The average Bonchev–Trinajstić information content (AvgIpc) is 2.71. The Bertz CT molecular complexity index is 875. The summed E-state index contributed by atoms with van der Waals surface area (Å²) in [4.78, 5) is 26.0. The lowest BCUT2D eigenvalue weighted by Gasteiger charge is -2.64. The molecule has 4 fully saturated rings. The Hall–Kier alpha value is -2.17. The quantitative estimate of drug-likeness (QED) is 0.213. The van der Waals surface area contributed by atoms with Gasteiger partial charge in [0.1, 0.15) is 5.75 Å². The second kappa shape index (κ2) is 8.99. The fourth-order valence-corrected chi connectivity index (χ4v) is 7.55. The van der Waals surface area contributed by atoms with Crippen molar-refractivity contribution in [2.24, 2.45) is 27.3 Å². The lowest BCUT2D eigenvalue weighted by atomic mass is 9.40. The molecule has 0 aliphatic heterocycles. The SMILES string of the molecule is CCCCCCOc1ccccc1C(=O)/C=N/NC(=O)C12CC3CC(C)(CC(C)(C3)C1)C2. The molecule has 4 aliphatic carbocycles. The Labute approximate surface area is 192 Å². The van der Waals surface area contributed by atoms with Gasteiger partial charge in [-0.25, -0.2) is 5.43 Å². The van der Waals surface area contributed by atoms with E-state index in [1.807, 2.05) is 18.2 Å². The smallest absolute Gasteiger partial charge is 0.246 e. The lowest BCUT2D eigenvalue weighted by Crippen LogP contribution is -2.59. The molecule has 1 amide bonds. The molecule has 2 atom stereocenters. The number of ketones is 1. The number of unbranched alkanes of at least 4 members (excludes halogenated alkanes) is 3. The Balaban J connectivity index is 1.37. The van der Waals surface area contributed by atoms with Gasteiger partial charge in [-0.15, -0.1) is 0 Å². The maximum Gasteiger partial charge on any atom is 0.246 e. The van der Waals surface area contributed by atoms with Gasteiger partial charge in [-0.3, -0.25) is 9.59 Å². The molecular formula is C27H38N2O3. The summed E-state index contributed by atoms with van der Waals surface area (Å²) in [7, 11) is 0. The molecular weight excluding hydrogens is 400 g/mol. The molecule has 32 heavy (non-hydrogen) atoms. The molecule has 0 radical (unpaired) electrons. The molecule has 0 spiro atoms. The first-order chi connectivity index (χ1) is 15.3. The van der Waals surface area contributed by atoms with E-state index in [0.29, 0.717) is 23.8 Å². The topological polar surface area (TPSA) is 67.8 Å². The van der Waals surface area contributed by atoms with Crippen molar-refractivity contribution < 1.29 is 14.3 Å². The molecule has 1 aromatic carbocycles. The number of ether oxygens (including phenoxy) is 1. The van der Waals surface area contributed by atoms with Gasteiger partial charge < -0.3 is 4.74 Å². The summed E-state index contributed by atoms with van der Waals surface area (Å²) in [6.45, 7) is 7.48. The van der Waals surface area contributed by atoms with Crippen LogP contribution in [0.3, 0.4) is 0 Å². The monoisotopic (exact) mass is 438 g/mol. The first kappa shape index (κ1) is 23.0. The number of para-hydroxylation sites is 1. The first-order valence-corrected chi connectivity index (χ1v) is 12.4. The second-order valence-corrected chi connectivity index (χ2v) is 11.4. The molecule has 2 unspecified atom stereocenters. The summed E-state index contributed by atoms with van der Waals surface area (Å²) in [5.41, 5.74) is 3.41. The first-order valence-electron chi connectivity index (χ1n) is 12.4. The summed E-state index contributed by atoms with van der Waals surface area (Å²) in [5.74, 6) is 0.954. The van der Waals surface area contributed by atoms with E-state index in [-0.39, 0.29) is 27.9 Å². The van der Waals surface area contributed by atoms with Crippen molar-refractivity contribution in [2.75, 3.05) is 6.61 Å². The largest absolute Gasteiger partial charge is 0.493 e. The summed E-state index contributed by atoms with van der Waals surface area (Å²) < 4.78 is 5.85. The van der Waals surface area contributed by atoms with E-state index in [1.165, 1.54) is 38.3 Å². The van der Waals surface area contributed by atoms with Crippen LogP contribution in [0.15, 0.2) is 29.4 Å². The highest BCUT2D eigenvalue weighted by Gasteiger charge is 2.62. The highest BCUT2D eigenvalue weighted by molar-refractivity contribution is 6.36. The van der Waals surface area contributed by atoms with Crippen LogP contribution in [0.5, 0.6) is 5.75 Å². The van der Waals surface area contributed by atoms with E-state index in [2.05, 4.69) is 31.3 Å². The van der Waals surface area contributed by atoms with Gasteiger partial charge in [-0.05, 0) is 73.8 Å². The van der Waals surface area contributed by atoms with Crippen molar-refractivity contribution in [1.29, 1.82) is 0 Å². The van der Waals surface area contributed by atoms with Crippen molar-refractivity contribution in [3.63, 3.8) is 0 Å². The van der Waals surface area contributed by atoms with Gasteiger partial charge in [0.15, 0.2) is 0 Å². The van der Waals surface area contributed by atoms with E-state index < -0.39 is 0 Å². The standard InChI is InChI=1S/C27H38N2O3/c1-4-5-6-9-12-32-23-11-8-7-10-21(23)22(30)16-28-29-24(31)27-15-20-13-25(2,18-27)17-26(3,14-20)19-27/h7-8,10-11,16,20H,4-6,9,12-15,17-19H2,1-3H3,(H,29,31)/b28-16+.